The summed E-state index contributed by atoms with van der Waals surface area (Å²) in [6.07, 6.45) is 0. The maximum atomic E-state index is 11.4. The lowest BCUT2D eigenvalue weighted by Crippen LogP contribution is -2.42. The molecular weight excluding hydrogens is 240 g/mol. The Labute approximate surface area is 94.8 Å². The Bertz CT molecular complexity index is 380. The molecule has 0 unspecified atom stereocenters. The first-order valence-corrected chi connectivity index (χ1v) is 5.22. The first-order valence-electron chi connectivity index (χ1n) is 4.02. The van der Waals surface area contributed by atoms with Crippen molar-refractivity contribution in [1.29, 1.82) is 0 Å². The summed E-state index contributed by atoms with van der Waals surface area (Å²) in [7, 11) is 0. The summed E-state index contributed by atoms with van der Waals surface area (Å²) in [5.74, 6) is -1.52. The van der Waals surface area contributed by atoms with Gasteiger partial charge in [0.2, 0.25) is 0 Å². The third-order valence-corrected chi connectivity index (χ3v) is 2.83. The number of carboxylic acid groups (broad SMARTS) is 1. The van der Waals surface area contributed by atoms with Crippen LogP contribution in [0, 0.1) is 0 Å². The second-order valence-electron chi connectivity index (χ2n) is 2.76. The average molecular weight is 249 g/mol. The number of hydrogen-bond acceptors (Lipinski definition) is 4. The number of amides is 1. The number of carbonyl (C=O) groups excluding carboxylic acids is 1. The number of carbonyl (C=O) groups is 2. The third kappa shape index (κ3) is 3.50. The first kappa shape index (κ1) is 12.0. The molecule has 0 radical (unpaired) electrons. The zero-order valence-electron chi connectivity index (χ0n) is 7.57. The number of nitrogens with two attached hydrogens (primary N) is 1. The summed E-state index contributed by atoms with van der Waals surface area (Å²) in [5, 5.41) is 10.9. The van der Waals surface area contributed by atoms with Crippen molar-refractivity contribution in [2.24, 2.45) is 5.73 Å². The van der Waals surface area contributed by atoms with Gasteiger partial charge in [0.25, 0.3) is 5.91 Å². The standard InChI is InChI=1S/C8H9ClN2O3S/c9-6-2-1-5(15-6)7(12)11-3-4(10)8(13)14/h1-2,4H,3,10H2,(H,11,12)(H,13,14)/t4-/m0/s1. The van der Waals surface area contributed by atoms with E-state index in [2.05, 4.69) is 5.32 Å². The molecule has 0 spiro atoms. The highest BCUT2D eigenvalue weighted by molar-refractivity contribution is 7.17. The Balaban J connectivity index is 2.47. The fraction of sp³-hybridized carbons (Fsp3) is 0.250. The molecule has 0 aliphatic rings. The van der Waals surface area contributed by atoms with Gasteiger partial charge in [-0.3, -0.25) is 9.59 Å². The average Bonchev–Trinajstić information content (AvgIpc) is 2.60. The smallest absolute Gasteiger partial charge is 0.322 e. The number of hydrogen-bond donors (Lipinski definition) is 3. The quantitative estimate of drug-likeness (QED) is 0.725. The summed E-state index contributed by atoms with van der Waals surface area (Å²) in [6.45, 7) is -0.107. The minimum Gasteiger partial charge on any atom is -0.480 e. The molecular formula is C8H9ClN2O3S. The van der Waals surface area contributed by atoms with Gasteiger partial charge in [0.05, 0.1) is 9.21 Å². The fourth-order valence-electron chi connectivity index (χ4n) is 0.813. The lowest BCUT2D eigenvalue weighted by molar-refractivity contribution is -0.138. The molecule has 4 N–H and O–H groups in total. The van der Waals surface area contributed by atoms with E-state index >= 15 is 0 Å². The summed E-state index contributed by atoms with van der Waals surface area (Å²) in [4.78, 5) is 22.2. The van der Waals surface area contributed by atoms with E-state index in [0.29, 0.717) is 9.21 Å². The number of aliphatic carboxylic acids is 1. The lowest BCUT2D eigenvalue weighted by Gasteiger charge is -2.06. The van der Waals surface area contributed by atoms with Gasteiger partial charge < -0.3 is 16.2 Å². The Kier molecular flexibility index (Phi) is 4.07. The van der Waals surface area contributed by atoms with Crippen LogP contribution in [0.4, 0.5) is 0 Å². The fourth-order valence-corrected chi connectivity index (χ4v) is 1.77. The monoisotopic (exact) mass is 248 g/mol. The predicted octanol–water partition coefficient (Wildman–Crippen LogP) is 0.543. The summed E-state index contributed by atoms with van der Waals surface area (Å²) >= 11 is 6.76. The molecule has 0 aromatic carbocycles. The topological polar surface area (TPSA) is 92.4 Å². The first-order chi connectivity index (χ1) is 7.00. The SMILES string of the molecule is N[C@@H](CNC(=O)c1ccc(Cl)s1)C(=O)O. The van der Waals surface area contributed by atoms with E-state index in [1.165, 1.54) is 0 Å². The molecule has 7 heteroatoms. The van der Waals surface area contributed by atoms with Gasteiger partial charge in [-0.2, -0.15) is 0 Å². The lowest BCUT2D eigenvalue weighted by atomic mass is 10.3. The largest absolute Gasteiger partial charge is 0.480 e. The Morgan fingerprint density at radius 3 is 2.73 bits per heavy atom. The minimum absolute atomic E-state index is 0.107. The maximum absolute atomic E-state index is 11.4. The van der Waals surface area contributed by atoms with Crippen molar-refractivity contribution >= 4 is 34.8 Å². The van der Waals surface area contributed by atoms with Gasteiger partial charge in [-0.1, -0.05) is 11.6 Å². The number of nitrogens with one attached hydrogen (secondary N) is 1. The molecule has 1 rings (SSSR count). The van der Waals surface area contributed by atoms with Gasteiger partial charge in [-0.15, -0.1) is 11.3 Å². The van der Waals surface area contributed by atoms with Crippen LogP contribution >= 0.6 is 22.9 Å². The molecule has 1 aromatic heterocycles. The second kappa shape index (κ2) is 5.11. The van der Waals surface area contributed by atoms with Crippen LogP contribution in [0.3, 0.4) is 0 Å². The Morgan fingerprint density at radius 1 is 1.60 bits per heavy atom. The van der Waals surface area contributed by atoms with Gasteiger partial charge >= 0.3 is 5.97 Å². The molecule has 82 valence electrons. The molecule has 0 saturated carbocycles. The summed E-state index contributed by atoms with van der Waals surface area (Å²) < 4.78 is 0.502. The highest BCUT2D eigenvalue weighted by Crippen LogP contribution is 2.20. The highest BCUT2D eigenvalue weighted by atomic mass is 35.5. The van der Waals surface area contributed by atoms with Crippen molar-refractivity contribution in [3.63, 3.8) is 0 Å². The number of halogens is 1. The van der Waals surface area contributed by atoms with Crippen molar-refractivity contribution in [2.45, 2.75) is 6.04 Å². The van der Waals surface area contributed by atoms with Gasteiger partial charge in [0.1, 0.15) is 6.04 Å². The van der Waals surface area contributed by atoms with Crippen molar-refractivity contribution in [3.8, 4) is 0 Å². The Hall–Kier alpha value is -1.11. The van der Waals surface area contributed by atoms with Crippen LogP contribution < -0.4 is 11.1 Å². The van der Waals surface area contributed by atoms with Crippen LogP contribution in [0.1, 0.15) is 9.67 Å². The molecule has 1 heterocycles. The number of thiophene rings is 1. The normalized spacial score (nSPS) is 12.1. The number of carboxylic acids is 1. The van der Waals surface area contributed by atoms with Crippen molar-refractivity contribution < 1.29 is 14.7 Å². The molecule has 0 bridgehead atoms. The molecule has 5 nitrogen and oxygen atoms in total. The van der Waals surface area contributed by atoms with Gasteiger partial charge in [0, 0.05) is 6.54 Å². The van der Waals surface area contributed by atoms with E-state index in [-0.39, 0.29) is 12.5 Å². The molecule has 15 heavy (non-hydrogen) atoms. The minimum atomic E-state index is -1.15. The summed E-state index contributed by atoms with van der Waals surface area (Å²) in [6, 6.07) is 2.07. The van der Waals surface area contributed by atoms with Crippen LogP contribution in [0.5, 0.6) is 0 Å². The van der Waals surface area contributed by atoms with Crippen molar-refractivity contribution in [2.75, 3.05) is 6.54 Å². The zero-order chi connectivity index (χ0) is 11.4. The molecule has 1 amide bonds. The van der Waals surface area contributed by atoms with Gasteiger partial charge in [-0.05, 0) is 12.1 Å². The van der Waals surface area contributed by atoms with Gasteiger partial charge in [-0.25, -0.2) is 0 Å². The molecule has 1 aromatic rings. The van der Waals surface area contributed by atoms with Gasteiger partial charge in [0.15, 0.2) is 0 Å². The summed E-state index contributed by atoms with van der Waals surface area (Å²) in [5.41, 5.74) is 5.21. The zero-order valence-corrected chi connectivity index (χ0v) is 9.14. The molecule has 0 aliphatic heterocycles. The van der Waals surface area contributed by atoms with Crippen LogP contribution in [0.15, 0.2) is 12.1 Å². The van der Waals surface area contributed by atoms with E-state index in [0.717, 1.165) is 11.3 Å². The van der Waals surface area contributed by atoms with Crippen LogP contribution in [0.2, 0.25) is 4.34 Å². The molecule has 1 atom stereocenters. The second-order valence-corrected chi connectivity index (χ2v) is 4.47. The van der Waals surface area contributed by atoms with Crippen LogP contribution in [-0.2, 0) is 4.79 Å². The number of rotatable bonds is 4. The third-order valence-electron chi connectivity index (χ3n) is 1.60. The maximum Gasteiger partial charge on any atom is 0.322 e. The van der Waals surface area contributed by atoms with Crippen molar-refractivity contribution in [1.82, 2.24) is 5.32 Å². The van der Waals surface area contributed by atoms with E-state index in [9.17, 15) is 9.59 Å². The van der Waals surface area contributed by atoms with Crippen LogP contribution in [0.25, 0.3) is 0 Å². The van der Waals surface area contributed by atoms with E-state index in [1.807, 2.05) is 0 Å². The Morgan fingerprint density at radius 2 is 2.27 bits per heavy atom. The molecule has 0 fully saturated rings. The molecule has 0 saturated heterocycles. The van der Waals surface area contributed by atoms with Crippen LogP contribution in [-0.4, -0.2) is 29.6 Å². The predicted molar refractivity (Wildman–Crippen MR) is 57.3 cm³/mol. The van der Waals surface area contributed by atoms with E-state index in [4.69, 9.17) is 22.4 Å². The van der Waals surface area contributed by atoms with E-state index < -0.39 is 12.0 Å². The molecule has 0 aliphatic carbocycles. The van der Waals surface area contributed by atoms with Crippen molar-refractivity contribution in [3.05, 3.63) is 21.3 Å². The van der Waals surface area contributed by atoms with E-state index in [1.54, 1.807) is 12.1 Å². The highest BCUT2D eigenvalue weighted by Gasteiger charge is 2.14.